The summed E-state index contributed by atoms with van der Waals surface area (Å²) in [6.07, 6.45) is 11.5. The molecule has 10 heterocycles. The van der Waals surface area contributed by atoms with E-state index in [0.29, 0.717) is 0 Å². The highest BCUT2D eigenvalue weighted by Gasteiger charge is 2.55. The third-order valence-corrected chi connectivity index (χ3v) is 24.6. The van der Waals surface area contributed by atoms with E-state index in [1.54, 1.807) is 0 Å². The van der Waals surface area contributed by atoms with Crippen molar-refractivity contribution in [3.05, 3.63) is 213 Å². The van der Waals surface area contributed by atoms with E-state index in [-0.39, 0.29) is 5.41 Å². The van der Waals surface area contributed by atoms with Crippen molar-refractivity contribution in [2.75, 3.05) is 150 Å². The Morgan fingerprint density at radius 2 is 0.554 bits per heavy atom. The number of benzene rings is 8. The van der Waals surface area contributed by atoms with Crippen LogP contribution in [0.15, 0.2) is 193 Å². The number of fused-ring (bicyclic) bond motifs is 25. The molecule has 0 bridgehead atoms. The minimum absolute atomic E-state index is 0.219. The first-order valence-corrected chi connectivity index (χ1v) is 38.8. The van der Waals surface area contributed by atoms with Gasteiger partial charge in [-0.3, -0.25) is 25.0 Å². The molecule has 22 rings (SSSR count). The normalized spacial score (nSPS) is 20.9. The van der Waals surface area contributed by atoms with Crippen LogP contribution in [0, 0.1) is 0 Å². The molecule has 4 aliphatic carbocycles. The van der Waals surface area contributed by atoms with Crippen molar-refractivity contribution >= 4 is 68.5 Å². The van der Waals surface area contributed by atoms with E-state index in [9.17, 15) is 0 Å². The molecule has 8 aromatic carbocycles. The molecule has 16 heteroatoms. The summed E-state index contributed by atoms with van der Waals surface area (Å²) in [4.78, 5) is 47.8. The minimum atomic E-state index is -0.575. The van der Waals surface area contributed by atoms with Crippen molar-refractivity contribution < 1.29 is 0 Å². The topological polar surface area (TPSA) is 103 Å². The highest BCUT2D eigenvalue weighted by Crippen LogP contribution is 2.66. The summed E-state index contributed by atoms with van der Waals surface area (Å²) in [6.45, 7) is 20.7. The standard InChI is InChI=1S/C53H60N12.C25H15Br.C7H13N3/c1-17-54-49-58(21-1)25-5-29-62(49)37-9-13-41-42-14-10-38(63-30-6-26-59-22-2-18-55-50(59)63)34-46(42)53(45(41)33-37)47-35-39(64-31-7-27-60-23-3-19-56-51(60)64)11-15-43(47)44-16-12-40(36-48(44)53)65-32-8-28-61-24-4-20-57-52(61)65;26-16-13-14-20-19-9-3-6-12-23(19)25(24(20)15-16)21-10-4-1-7-17(21)18-8-2-5-11-22(18)25;1-3-8-7-9-4-2-6-10(7)5-1/h9-16,33-36H,1-8,17-32H2;1-15H;1-6H2,(H,8,9). The third kappa shape index (κ3) is 9.71. The fourth-order valence-corrected chi connectivity index (χ4v) is 20.3. The number of hydrogen-bond acceptors (Lipinski definition) is 15. The quantitative estimate of drug-likeness (QED) is 0.183. The first kappa shape index (κ1) is 61.5. The minimum Gasteiger partial charge on any atom is -0.356 e. The predicted octanol–water partition coefficient (Wildman–Crippen LogP) is 14.0. The molecule has 0 unspecified atom stereocenters. The molecule has 5 fully saturated rings. The van der Waals surface area contributed by atoms with E-state index in [0.717, 1.165) is 203 Å². The van der Waals surface area contributed by atoms with Crippen molar-refractivity contribution in [2.24, 2.45) is 25.0 Å². The first-order valence-electron chi connectivity index (χ1n) is 38.0. The fraction of sp³-hybridized carbons (Fsp3) is 0.376. The molecule has 0 radical (unpaired) electrons. The molecule has 8 aromatic rings. The fourth-order valence-electron chi connectivity index (χ4n) is 19.9. The number of hydrogen-bond donors (Lipinski definition) is 1. The molecule has 0 amide bonds. The lowest BCUT2D eigenvalue weighted by Gasteiger charge is -2.42. The number of guanidine groups is 5. The molecule has 0 saturated carbocycles. The second kappa shape index (κ2) is 25.0. The Balaban J connectivity index is 0.000000154. The largest absolute Gasteiger partial charge is 0.356 e. The number of rotatable bonds is 4. The molecule has 510 valence electrons. The monoisotopic (exact) mass is 1400 g/mol. The zero-order valence-electron chi connectivity index (χ0n) is 57.9. The second-order valence-electron chi connectivity index (χ2n) is 29.7. The second-order valence-corrected chi connectivity index (χ2v) is 30.6. The van der Waals surface area contributed by atoms with Crippen molar-refractivity contribution in [1.29, 1.82) is 0 Å². The maximum Gasteiger partial charge on any atom is 0.201 e. The van der Waals surface area contributed by atoms with Gasteiger partial charge in [0.15, 0.2) is 5.96 Å². The van der Waals surface area contributed by atoms with Crippen molar-refractivity contribution in [3.63, 3.8) is 0 Å². The lowest BCUT2D eigenvalue weighted by atomic mass is 9.70. The summed E-state index contributed by atoms with van der Waals surface area (Å²) in [5.74, 6) is 5.75. The van der Waals surface area contributed by atoms with Gasteiger partial charge in [-0.15, -0.1) is 0 Å². The van der Waals surface area contributed by atoms with Crippen molar-refractivity contribution in [1.82, 2.24) is 29.8 Å². The summed E-state index contributed by atoms with van der Waals surface area (Å²) in [7, 11) is 0. The number of nitrogens with one attached hydrogen (secondary N) is 1. The molecule has 14 aliphatic rings. The van der Waals surface area contributed by atoms with Gasteiger partial charge in [0.05, 0.1) is 10.8 Å². The molecule has 5 saturated heterocycles. The van der Waals surface area contributed by atoms with Crippen LogP contribution in [0.2, 0.25) is 0 Å². The molecule has 1 N–H and O–H groups in total. The van der Waals surface area contributed by atoms with Gasteiger partial charge < -0.3 is 49.4 Å². The molecule has 101 heavy (non-hydrogen) atoms. The van der Waals surface area contributed by atoms with Crippen LogP contribution in [0.1, 0.15) is 109 Å². The van der Waals surface area contributed by atoms with Crippen LogP contribution in [0.3, 0.4) is 0 Å². The Morgan fingerprint density at radius 1 is 0.267 bits per heavy atom. The average molecular weight is 1400 g/mol. The SMILES string of the molecule is Brc1ccc2c(c1)C1(c3ccccc3-c3ccccc31)c1ccccc1-2.C1CN=C2NCCCN2C1.c1cc2c(cc1N1CCCN3CCCN=C31)C1(c3cc(N4CCCN5CCCN=C54)ccc3-2)c2cc(N3CCCN4CCCN=C43)ccc2-c2ccc(N3CCCN4CCCN=C43)cc21. The lowest BCUT2D eigenvalue weighted by molar-refractivity contribution is 0.346. The molecular weight excluding hydrogens is 1310 g/mol. The van der Waals surface area contributed by atoms with Gasteiger partial charge >= 0.3 is 0 Å². The van der Waals surface area contributed by atoms with Gasteiger partial charge in [0.1, 0.15) is 0 Å². The summed E-state index contributed by atoms with van der Waals surface area (Å²) < 4.78 is 1.13. The molecule has 10 aliphatic heterocycles. The molecule has 0 atom stereocenters. The van der Waals surface area contributed by atoms with Crippen LogP contribution in [0.5, 0.6) is 0 Å². The van der Waals surface area contributed by atoms with E-state index in [4.69, 9.17) is 20.0 Å². The zero-order valence-corrected chi connectivity index (χ0v) is 59.5. The number of halogens is 1. The highest BCUT2D eigenvalue weighted by atomic mass is 79.9. The van der Waals surface area contributed by atoms with Crippen LogP contribution in [-0.2, 0) is 10.8 Å². The lowest BCUT2D eigenvalue weighted by Crippen LogP contribution is -2.52. The number of aliphatic imine (C=N–C) groups is 5. The Bertz CT molecular complexity index is 4380. The van der Waals surface area contributed by atoms with Gasteiger partial charge in [0.25, 0.3) is 0 Å². The van der Waals surface area contributed by atoms with Crippen LogP contribution in [-0.4, -0.2) is 185 Å². The highest BCUT2D eigenvalue weighted by molar-refractivity contribution is 9.10. The van der Waals surface area contributed by atoms with Gasteiger partial charge in [-0.25, -0.2) is 0 Å². The van der Waals surface area contributed by atoms with Gasteiger partial charge in [-0.1, -0.05) is 119 Å². The summed E-state index contributed by atoms with van der Waals surface area (Å²) in [5.41, 5.74) is 26.0. The predicted molar refractivity (Wildman–Crippen MR) is 416 cm³/mol. The Labute approximate surface area is 602 Å². The summed E-state index contributed by atoms with van der Waals surface area (Å²) in [5, 5.41) is 3.30. The maximum absolute atomic E-state index is 5.20. The molecule has 0 aromatic heterocycles. The van der Waals surface area contributed by atoms with E-state index < -0.39 is 5.41 Å². The van der Waals surface area contributed by atoms with E-state index in [2.05, 4.69) is 234 Å². The van der Waals surface area contributed by atoms with E-state index >= 15 is 0 Å². The number of anilines is 4. The third-order valence-electron chi connectivity index (χ3n) is 24.1. The van der Waals surface area contributed by atoms with Crippen LogP contribution < -0.4 is 24.9 Å². The molecule has 15 nitrogen and oxygen atoms in total. The van der Waals surface area contributed by atoms with Gasteiger partial charge in [0, 0.05) is 158 Å². The zero-order chi connectivity index (χ0) is 66.8. The average Bonchev–Trinajstić information content (AvgIpc) is 1.51. The molecular formula is C85H88BrN15. The maximum atomic E-state index is 5.20. The van der Waals surface area contributed by atoms with Crippen LogP contribution in [0.25, 0.3) is 44.5 Å². The Morgan fingerprint density at radius 3 is 0.921 bits per heavy atom. The molecule has 2 spiro atoms. The Hall–Kier alpha value is -9.41. The van der Waals surface area contributed by atoms with Crippen LogP contribution >= 0.6 is 15.9 Å². The van der Waals surface area contributed by atoms with Crippen molar-refractivity contribution in [2.45, 2.75) is 75.0 Å². The Kier molecular flexibility index (Phi) is 15.2. The smallest absolute Gasteiger partial charge is 0.201 e. The van der Waals surface area contributed by atoms with E-state index in [1.807, 2.05) is 0 Å². The van der Waals surface area contributed by atoms with Gasteiger partial charge in [-0.05, 0) is 214 Å². The first-order chi connectivity index (χ1) is 50.0. The summed E-state index contributed by atoms with van der Waals surface area (Å²) in [6, 6.07) is 63.2. The van der Waals surface area contributed by atoms with E-state index in [1.165, 1.54) is 138 Å². The summed E-state index contributed by atoms with van der Waals surface area (Å²) >= 11 is 3.72. The number of nitrogens with zero attached hydrogens (tertiary/aromatic N) is 14. The van der Waals surface area contributed by atoms with Crippen molar-refractivity contribution in [3.8, 4) is 44.5 Å². The van der Waals surface area contributed by atoms with Crippen LogP contribution in [0.4, 0.5) is 22.7 Å². The van der Waals surface area contributed by atoms with Gasteiger partial charge in [-0.2, -0.15) is 0 Å². The van der Waals surface area contributed by atoms with Gasteiger partial charge in [0.2, 0.25) is 23.8 Å².